The predicted molar refractivity (Wildman–Crippen MR) is 46.0 cm³/mol. The molecule has 0 aliphatic carbocycles. The molecule has 0 spiro atoms. The molecule has 0 fully saturated rings. The molecule has 0 rings (SSSR count). The third kappa shape index (κ3) is 3.85. The summed E-state index contributed by atoms with van der Waals surface area (Å²) in [6.45, 7) is 5.28. The van der Waals surface area contributed by atoms with Crippen LogP contribution in [0.1, 0.15) is 26.7 Å². The van der Waals surface area contributed by atoms with Crippen molar-refractivity contribution in [1.29, 1.82) is 0 Å². The van der Waals surface area contributed by atoms with Gasteiger partial charge in [-0.3, -0.25) is 0 Å². The highest BCUT2D eigenvalue weighted by molar-refractivity contribution is 4.67. The fourth-order valence-corrected chi connectivity index (χ4v) is 1.15. The molecule has 0 aromatic heterocycles. The first-order chi connectivity index (χ1) is 4.72. The Kier molecular flexibility index (Phi) is 5.64. The van der Waals surface area contributed by atoms with Gasteiger partial charge in [-0.05, 0) is 32.4 Å². The van der Waals surface area contributed by atoms with Crippen molar-refractivity contribution in [1.82, 2.24) is 5.32 Å². The van der Waals surface area contributed by atoms with E-state index < -0.39 is 0 Å². The van der Waals surface area contributed by atoms with Crippen molar-refractivity contribution >= 4 is 0 Å². The maximum absolute atomic E-state index is 5.40. The van der Waals surface area contributed by atoms with Crippen LogP contribution >= 0.6 is 0 Å². The van der Waals surface area contributed by atoms with E-state index in [1.165, 1.54) is 6.42 Å². The molecule has 2 heteroatoms. The minimum Gasteiger partial charge on any atom is -0.330 e. The van der Waals surface area contributed by atoms with Crippen LogP contribution in [-0.4, -0.2) is 19.6 Å². The van der Waals surface area contributed by atoms with E-state index in [2.05, 4.69) is 19.2 Å². The fourth-order valence-electron chi connectivity index (χ4n) is 1.15. The van der Waals surface area contributed by atoms with Crippen LogP contribution < -0.4 is 11.1 Å². The van der Waals surface area contributed by atoms with Gasteiger partial charge in [0.05, 0.1) is 0 Å². The Morgan fingerprint density at radius 2 is 2.00 bits per heavy atom. The predicted octanol–water partition coefficient (Wildman–Crippen LogP) is 0.969. The Morgan fingerprint density at radius 3 is 2.30 bits per heavy atom. The number of nitrogens with two attached hydrogens (primary N) is 1. The first-order valence-electron chi connectivity index (χ1n) is 4.09. The van der Waals surface area contributed by atoms with E-state index >= 15 is 0 Å². The summed E-state index contributed by atoms with van der Waals surface area (Å²) >= 11 is 0. The van der Waals surface area contributed by atoms with Gasteiger partial charge in [-0.25, -0.2) is 0 Å². The van der Waals surface area contributed by atoms with Crippen molar-refractivity contribution in [3.63, 3.8) is 0 Å². The van der Waals surface area contributed by atoms with E-state index in [1.807, 2.05) is 7.05 Å². The Morgan fingerprint density at radius 1 is 1.40 bits per heavy atom. The van der Waals surface area contributed by atoms with Crippen LogP contribution in [-0.2, 0) is 0 Å². The molecular weight excluding hydrogens is 124 g/mol. The number of hydrogen-bond donors (Lipinski definition) is 2. The zero-order chi connectivity index (χ0) is 7.98. The molecule has 0 aliphatic heterocycles. The fraction of sp³-hybridized carbons (Fsp3) is 1.00. The third-order valence-electron chi connectivity index (χ3n) is 1.89. The van der Waals surface area contributed by atoms with Crippen molar-refractivity contribution in [2.24, 2.45) is 11.7 Å². The smallest absolute Gasteiger partial charge is 0.00875 e. The minimum atomic E-state index is 0.642. The second-order valence-corrected chi connectivity index (χ2v) is 3.07. The molecule has 0 saturated carbocycles. The monoisotopic (exact) mass is 144 g/mol. The van der Waals surface area contributed by atoms with Gasteiger partial charge in [-0.1, -0.05) is 13.8 Å². The summed E-state index contributed by atoms with van der Waals surface area (Å²) in [5, 5.41) is 3.28. The van der Waals surface area contributed by atoms with Crippen LogP contribution in [0.15, 0.2) is 0 Å². The van der Waals surface area contributed by atoms with Crippen molar-refractivity contribution < 1.29 is 0 Å². The maximum Gasteiger partial charge on any atom is 0.00875 e. The molecule has 0 heterocycles. The summed E-state index contributed by atoms with van der Waals surface area (Å²) in [7, 11) is 2.02. The average molecular weight is 144 g/mol. The Bertz CT molecular complexity index is 71.7. The minimum absolute atomic E-state index is 0.642. The first-order valence-corrected chi connectivity index (χ1v) is 4.09. The Balaban J connectivity index is 3.40. The molecule has 10 heavy (non-hydrogen) atoms. The molecule has 0 amide bonds. The Labute approximate surface area is 64.2 Å². The van der Waals surface area contributed by atoms with Gasteiger partial charge in [0, 0.05) is 6.04 Å². The highest BCUT2D eigenvalue weighted by atomic mass is 14.9. The molecule has 0 aromatic carbocycles. The van der Waals surface area contributed by atoms with E-state index in [0.29, 0.717) is 6.04 Å². The van der Waals surface area contributed by atoms with Crippen molar-refractivity contribution in [3.05, 3.63) is 0 Å². The van der Waals surface area contributed by atoms with Crippen LogP contribution in [0.4, 0.5) is 0 Å². The molecule has 3 N–H and O–H groups in total. The molecule has 1 unspecified atom stereocenters. The van der Waals surface area contributed by atoms with E-state index in [1.54, 1.807) is 0 Å². The summed E-state index contributed by atoms with van der Waals surface area (Å²) in [6, 6.07) is 0.642. The van der Waals surface area contributed by atoms with E-state index in [0.717, 1.165) is 18.9 Å². The van der Waals surface area contributed by atoms with E-state index in [9.17, 15) is 0 Å². The van der Waals surface area contributed by atoms with Crippen molar-refractivity contribution in [2.75, 3.05) is 13.6 Å². The van der Waals surface area contributed by atoms with Gasteiger partial charge in [-0.15, -0.1) is 0 Å². The number of hydrogen-bond acceptors (Lipinski definition) is 2. The quantitative estimate of drug-likeness (QED) is 0.603. The SMILES string of the molecule is CNC(CCCN)C(C)C. The lowest BCUT2D eigenvalue weighted by molar-refractivity contribution is 0.395. The van der Waals surface area contributed by atoms with Crippen LogP contribution in [0.2, 0.25) is 0 Å². The standard InChI is InChI=1S/C8H20N2/c1-7(2)8(10-3)5-4-6-9/h7-8,10H,4-6,9H2,1-3H3. The van der Waals surface area contributed by atoms with Gasteiger partial charge in [0.1, 0.15) is 0 Å². The summed E-state index contributed by atoms with van der Waals surface area (Å²) in [4.78, 5) is 0. The molecule has 0 bridgehead atoms. The third-order valence-corrected chi connectivity index (χ3v) is 1.89. The van der Waals surface area contributed by atoms with Crippen LogP contribution in [0.25, 0.3) is 0 Å². The van der Waals surface area contributed by atoms with Crippen molar-refractivity contribution in [2.45, 2.75) is 32.7 Å². The van der Waals surface area contributed by atoms with Gasteiger partial charge in [-0.2, -0.15) is 0 Å². The molecule has 0 radical (unpaired) electrons. The highest BCUT2D eigenvalue weighted by Crippen LogP contribution is 2.06. The van der Waals surface area contributed by atoms with Crippen LogP contribution in [0.3, 0.4) is 0 Å². The summed E-state index contributed by atoms with van der Waals surface area (Å²) < 4.78 is 0. The van der Waals surface area contributed by atoms with Gasteiger partial charge in [0.15, 0.2) is 0 Å². The molecule has 1 atom stereocenters. The second-order valence-electron chi connectivity index (χ2n) is 3.07. The van der Waals surface area contributed by atoms with Crippen molar-refractivity contribution in [3.8, 4) is 0 Å². The van der Waals surface area contributed by atoms with E-state index in [-0.39, 0.29) is 0 Å². The topological polar surface area (TPSA) is 38.0 Å². The average Bonchev–Trinajstić information content (AvgIpc) is 1.89. The molecule has 0 saturated heterocycles. The molecule has 62 valence electrons. The van der Waals surface area contributed by atoms with Gasteiger partial charge in [0.2, 0.25) is 0 Å². The zero-order valence-electron chi connectivity index (χ0n) is 7.35. The lowest BCUT2D eigenvalue weighted by Gasteiger charge is -2.19. The zero-order valence-corrected chi connectivity index (χ0v) is 7.35. The lowest BCUT2D eigenvalue weighted by Crippen LogP contribution is -2.30. The largest absolute Gasteiger partial charge is 0.330 e. The maximum atomic E-state index is 5.40. The molecule has 0 aliphatic rings. The molecule has 0 aromatic rings. The Hall–Kier alpha value is -0.0800. The highest BCUT2D eigenvalue weighted by Gasteiger charge is 2.08. The van der Waals surface area contributed by atoms with Gasteiger partial charge < -0.3 is 11.1 Å². The summed E-state index contributed by atoms with van der Waals surface area (Å²) in [5.74, 6) is 0.719. The number of nitrogens with one attached hydrogen (secondary N) is 1. The first kappa shape index (κ1) is 9.92. The van der Waals surface area contributed by atoms with E-state index in [4.69, 9.17) is 5.73 Å². The molecular formula is C8H20N2. The summed E-state index contributed by atoms with van der Waals surface area (Å²) in [5.41, 5.74) is 5.40. The molecule has 2 nitrogen and oxygen atoms in total. The van der Waals surface area contributed by atoms with Gasteiger partial charge in [0.25, 0.3) is 0 Å². The van der Waals surface area contributed by atoms with Gasteiger partial charge >= 0.3 is 0 Å². The van der Waals surface area contributed by atoms with Crippen LogP contribution in [0, 0.1) is 5.92 Å². The normalized spacial score (nSPS) is 14.1. The lowest BCUT2D eigenvalue weighted by atomic mass is 10.00. The number of rotatable bonds is 5. The van der Waals surface area contributed by atoms with Crippen LogP contribution in [0.5, 0.6) is 0 Å². The second kappa shape index (κ2) is 5.69. The summed E-state index contributed by atoms with van der Waals surface area (Å²) in [6.07, 6.45) is 2.33.